The number of methoxy groups -OCH3 is 1. The van der Waals surface area contributed by atoms with Crippen molar-refractivity contribution in [3.05, 3.63) is 72.3 Å². The highest BCUT2D eigenvalue weighted by molar-refractivity contribution is 7.92. The van der Waals surface area contributed by atoms with E-state index in [9.17, 15) is 18.0 Å². The molecule has 2 aromatic rings. The second-order valence-electron chi connectivity index (χ2n) is 5.20. The van der Waals surface area contributed by atoms with E-state index in [0.717, 1.165) is 0 Å². The van der Waals surface area contributed by atoms with Gasteiger partial charge < -0.3 is 10.1 Å². The third-order valence-corrected chi connectivity index (χ3v) is 4.73. The van der Waals surface area contributed by atoms with Crippen LogP contribution in [0.25, 0.3) is 0 Å². The lowest BCUT2D eigenvalue weighted by Gasteiger charge is -2.10. The molecule has 2 aromatic carbocycles. The van der Waals surface area contributed by atoms with Gasteiger partial charge in [-0.25, -0.2) is 13.2 Å². The molecule has 0 fully saturated rings. The zero-order chi connectivity index (χ0) is 19.2. The minimum atomic E-state index is -3.94. The molecule has 8 heteroatoms. The van der Waals surface area contributed by atoms with Crippen LogP contribution in [0.3, 0.4) is 0 Å². The predicted molar refractivity (Wildman–Crippen MR) is 97.6 cm³/mol. The molecular formula is C18H18N2O5S. The third kappa shape index (κ3) is 4.70. The lowest BCUT2D eigenvalue weighted by atomic mass is 10.2. The van der Waals surface area contributed by atoms with Gasteiger partial charge in [-0.05, 0) is 36.4 Å². The lowest BCUT2D eigenvalue weighted by Crippen LogP contribution is -2.23. The van der Waals surface area contributed by atoms with Crippen LogP contribution in [0.4, 0.5) is 5.69 Å². The van der Waals surface area contributed by atoms with Gasteiger partial charge in [0, 0.05) is 17.8 Å². The molecule has 2 rings (SSSR count). The van der Waals surface area contributed by atoms with Crippen LogP contribution in [0.5, 0.6) is 0 Å². The van der Waals surface area contributed by atoms with Crippen molar-refractivity contribution in [1.29, 1.82) is 0 Å². The summed E-state index contributed by atoms with van der Waals surface area (Å²) in [5, 5.41) is 2.58. The van der Waals surface area contributed by atoms with E-state index < -0.39 is 21.9 Å². The number of carbonyl (C=O) groups is 2. The Morgan fingerprint density at radius 3 is 2.50 bits per heavy atom. The molecule has 2 N–H and O–H groups in total. The van der Waals surface area contributed by atoms with Crippen molar-refractivity contribution in [2.45, 2.75) is 4.90 Å². The van der Waals surface area contributed by atoms with Crippen molar-refractivity contribution >= 4 is 27.6 Å². The van der Waals surface area contributed by atoms with Crippen LogP contribution in [0.2, 0.25) is 0 Å². The van der Waals surface area contributed by atoms with Gasteiger partial charge in [-0.1, -0.05) is 18.2 Å². The molecule has 0 aliphatic heterocycles. The average Bonchev–Trinajstić information content (AvgIpc) is 2.65. The molecule has 7 nitrogen and oxygen atoms in total. The van der Waals surface area contributed by atoms with Gasteiger partial charge in [-0.2, -0.15) is 0 Å². The quantitative estimate of drug-likeness (QED) is 0.571. The monoisotopic (exact) mass is 374 g/mol. The first-order chi connectivity index (χ1) is 12.4. The van der Waals surface area contributed by atoms with Gasteiger partial charge in [0.2, 0.25) is 0 Å². The van der Waals surface area contributed by atoms with Gasteiger partial charge in [0.05, 0.1) is 17.6 Å². The number of hydrogen-bond donors (Lipinski definition) is 2. The number of sulfonamides is 1. The van der Waals surface area contributed by atoms with E-state index in [-0.39, 0.29) is 28.3 Å². The zero-order valence-electron chi connectivity index (χ0n) is 14.1. The van der Waals surface area contributed by atoms with Crippen molar-refractivity contribution in [2.75, 3.05) is 18.4 Å². The number of carbonyl (C=O) groups excluding carboxylic acids is 2. The van der Waals surface area contributed by atoms with Crippen LogP contribution in [-0.4, -0.2) is 33.9 Å². The fourth-order valence-electron chi connectivity index (χ4n) is 2.11. The van der Waals surface area contributed by atoms with E-state index in [1.54, 1.807) is 0 Å². The molecule has 0 spiro atoms. The van der Waals surface area contributed by atoms with Gasteiger partial charge in [-0.15, -0.1) is 6.58 Å². The summed E-state index contributed by atoms with van der Waals surface area (Å²) in [6.45, 7) is 3.77. The predicted octanol–water partition coefficient (Wildman–Crippen LogP) is 2.19. The largest absolute Gasteiger partial charge is 0.465 e. The molecule has 0 aliphatic rings. The van der Waals surface area contributed by atoms with Crippen molar-refractivity contribution in [3.8, 4) is 0 Å². The van der Waals surface area contributed by atoms with Crippen LogP contribution >= 0.6 is 0 Å². The van der Waals surface area contributed by atoms with Gasteiger partial charge in [0.15, 0.2) is 0 Å². The highest BCUT2D eigenvalue weighted by Crippen LogP contribution is 2.18. The molecule has 0 bridgehead atoms. The van der Waals surface area contributed by atoms with Gasteiger partial charge >= 0.3 is 5.97 Å². The van der Waals surface area contributed by atoms with E-state index in [1.165, 1.54) is 61.7 Å². The first-order valence-corrected chi connectivity index (χ1v) is 9.06. The molecule has 0 unspecified atom stereocenters. The van der Waals surface area contributed by atoms with Crippen LogP contribution in [0, 0.1) is 0 Å². The normalized spacial score (nSPS) is 10.7. The highest BCUT2D eigenvalue weighted by Gasteiger charge is 2.17. The standard InChI is InChI=1S/C18H18N2O5S/c1-3-10-19-17(21)13-6-5-9-16(12-13)26(23,24)20-15-8-4-7-14(11-15)18(22)25-2/h3-9,11-12,20H,1,10H2,2H3,(H,19,21). The zero-order valence-corrected chi connectivity index (χ0v) is 14.9. The van der Waals surface area contributed by atoms with Crippen LogP contribution in [-0.2, 0) is 14.8 Å². The Morgan fingerprint density at radius 1 is 1.12 bits per heavy atom. The summed E-state index contributed by atoms with van der Waals surface area (Å²) in [7, 11) is -2.70. The molecule has 0 saturated heterocycles. The molecular weight excluding hydrogens is 356 g/mol. The first-order valence-electron chi connectivity index (χ1n) is 7.57. The summed E-state index contributed by atoms with van der Waals surface area (Å²) in [6, 6.07) is 11.5. The van der Waals surface area contributed by atoms with E-state index in [0.29, 0.717) is 0 Å². The number of amides is 1. The van der Waals surface area contributed by atoms with Gasteiger partial charge in [0.1, 0.15) is 0 Å². The Hall–Kier alpha value is -3.13. The minimum absolute atomic E-state index is 0.0766. The SMILES string of the molecule is C=CCNC(=O)c1cccc(S(=O)(=O)Nc2cccc(C(=O)OC)c2)c1. The van der Waals surface area contributed by atoms with E-state index in [1.807, 2.05) is 0 Å². The number of benzene rings is 2. The fourth-order valence-corrected chi connectivity index (χ4v) is 3.21. The topological polar surface area (TPSA) is 102 Å². The number of ether oxygens (including phenoxy) is 1. The summed E-state index contributed by atoms with van der Waals surface area (Å²) >= 11 is 0. The Kier molecular flexibility index (Phi) is 6.13. The van der Waals surface area contributed by atoms with E-state index in [2.05, 4.69) is 21.4 Å². The lowest BCUT2D eigenvalue weighted by molar-refractivity contribution is 0.0600. The molecule has 26 heavy (non-hydrogen) atoms. The molecule has 1 amide bonds. The molecule has 0 radical (unpaired) electrons. The van der Waals surface area contributed by atoms with Crippen molar-refractivity contribution in [1.82, 2.24) is 5.32 Å². The number of nitrogens with one attached hydrogen (secondary N) is 2. The van der Waals surface area contributed by atoms with Crippen LogP contribution in [0.1, 0.15) is 20.7 Å². The maximum absolute atomic E-state index is 12.6. The van der Waals surface area contributed by atoms with Gasteiger partial charge in [0.25, 0.3) is 15.9 Å². The third-order valence-electron chi connectivity index (χ3n) is 3.35. The first kappa shape index (κ1) is 19.2. The smallest absolute Gasteiger partial charge is 0.337 e. The van der Waals surface area contributed by atoms with Crippen LogP contribution in [0.15, 0.2) is 66.1 Å². The Balaban J connectivity index is 2.27. The molecule has 0 aromatic heterocycles. The summed E-state index contributed by atoms with van der Waals surface area (Å²) in [5.41, 5.74) is 0.623. The Bertz CT molecular complexity index is 938. The number of hydrogen-bond acceptors (Lipinski definition) is 5. The number of anilines is 1. The summed E-state index contributed by atoms with van der Waals surface area (Å²) in [6.07, 6.45) is 1.52. The number of rotatable bonds is 7. The molecule has 0 aliphatic carbocycles. The Labute approximate surface area is 151 Å². The number of esters is 1. The molecule has 0 heterocycles. The van der Waals surface area contributed by atoms with E-state index >= 15 is 0 Å². The molecule has 0 saturated carbocycles. The van der Waals surface area contributed by atoms with Crippen molar-refractivity contribution in [2.24, 2.45) is 0 Å². The second kappa shape index (κ2) is 8.30. The molecule has 0 atom stereocenters. The summed E-state index contributed by atoms with van der Waals surface area (Å²) in [4.78, 5) is 23.4. The van der Waals surface area contributed by atoms with Crippen molar-refractivity contribution < 1.29 is 22.7 Å². The fraction of sp³-hybridized carbons (Fsp3) is 0.111. The Morgan fingerprint density at radius 2 is 1.81 bits per heavy atom. The maximum Gasteiger partial charge on any atom is 0.337 e. The highest BCUT2D eigenvalue weighted by atomic mass is 32.2. The van der Waals surface area contributed by atoms with Crippen molar-refractivity contribution in [3.63, 3.8) is 0 Å². The maximum atomic E-state index is 12.6. The molecule has 136 valence electrons. The summed E-state index contributed by atoms with van der Waals surface area (Å²) in [5.74, 6) is -0.985. The minimum Gasteiger partial charge on any atom is -0.465 e. The van der Waals surface area contributed by atoms with Gasteiger partial charge in [-0.3, -0.25) is 9.52 Å². The average molecular weight is 374 g/mol. The van der Waals surface area contributed by atoms with Crippen LogP contribution < -0.4 is 10.0 Å². The second-order valence-corrected chi connectivity index (χ2v) is 6.89. The summed E-state index contributed by atoms with van der Waals surface area (Å²) < 4.78 is 32.1. The van der Waals surface area contributed by atoms with E-state index in [4.69, 9.17) is 0 Å².